The molecule has 7 heteroatoms. The number of fused-ring (bicyclic) bond motifs is 2. The Balaban J connectivity index is 1.43. The van der Waals surface area contributed by atoms with E-state index in [1.807, 2.05) is 0 Å². The van der Waals surface area contributed by atoms with E-state index in [1.165, 1.54) is 16.2 Å². The van der Waals surface area contributed by atoms with Crippen molar-refractivity contribution in [2.75, 3.05) is 11.9 Å². The SMILES string of the molecule is C[C@@H]1CCc2c(sc(NC(=O)CCN3C(=O)c4ccccc4C3=O)c2C#N)C1. The van der Waals surface area contributed by atoms with Gasteiger partial charge in [0.25, 0.3) is 11.8 Å². The van der Waals surface area contributed by atoms with E-state index in [0.717, 1.165) is 29.7 Å². The molecule has 4 rings (SSSR count). The van der Waals surface area contributed by atoms with E-state index in [9.17, 15) is 19.6 Å². The second-order valence-electron chi connectivity index (χ2n) is 7.27. The highest BCUT2D eigenvalue weighted by Crippen LogP contribution is 2.39. The molecule has 2 aliphatic rings. The fourth-order valence-electron chi connectivity index (χ4n) is 3.80. The van der Waals surface area contributed by atoms with Crippen LogP contribution in [0.5, 0.6) is 0 Å². The highest BCUT2D eigenvalue weighted by atomic mass is 32.1. The third-order valence-corrected chi connectivity index (χ3v) is 6.49. The molecule has 0 saturated carbocycles. The smallest absolute Gasteiger partial charge is 0.261 e. The molecule has 1 aromatic heterocycles. The maximum absolute atomic E-state index is 12.4. The highest BCUT2D eigenvalue weighted by Gasteiger charge is 2.35. The van der Waals surface area contributed by atoms with Gasteiger partial charge in [0.15, 0.2) is 0 Å². The third-order valence-electron chi connectivity index (χ3n) is 5.32. The van der Waals surface area contributed by atoms with Gasteiger partial charge in [-0.2, -0.15) is 5.26 Å². The summed E-state index contributed by atoms with van der Waals surface area (Å²) in [5.74, 6) is -0.465. The van der Waals surface area contributed by atoms with Crippen LogP contribution in [0.1, 0.15) is 56.5 Å². The number of hydrogen-bond donors (Lipinski definition) is 1. The van der Waals surface area contributed by atoms with Gasteiger partial charge in [0, 0.05) is 17.8 Å². The molecule has 1 atom stereocenters. The molecule has 0 unspecified atom stereocenters. The van der Waals surface area contributed by atoms with Gasteiger partial charge in [-0.15, -0.1) is 11.3 Å². The number of nitrogens with zero attached hydrogens (tertiary/aromatic N) is 2. The van der Waals surface area contributed by atoms with Crippen LogP contribution in [0.4, 0.5) is 5.00 Å². The molecule has 1 aromatic carbocycles. The van der Waals surface area contributed by atoms with Crippen molar-refractivity contribution in [2.24, 2.45) is 5.92 Å². The summed E-state index contributed by atoms with van der Waals surface area (Å²) in [4.78, 5) is 39.5. The Morgan fingerprint density at radius 1 is 1.29 bits per heavy atom. The first kappa shape index (κ1) is 18.4. The van der Waals surface area contributed by atoms with Gasteiger partial charge in [0.05, 0.1) is 16.7 Å². The Morgan fingerprint density at radius 2 is 1.96 bits per heavy atom. The molecule has 2 aromatic rings. The minimum Gasteiger partial charge on any atom is -0.317 e. The van der Waals surface area contributed by atoms with Gasteiger partial charge in [0.1, 0.15) is 11.1 Å². The minimum absolute atomic E-state index is 0.00466. The zero-order valence-corrected chi connectivity index (χ0v) is 16.3. The lowest BCUT2D eigenvalue weighted by atomic mass is 9.89. The summed E-state index contributed by atoms with van der Waals surface area (Å²) in [5, 5.41) is 12.9. The summed E-state index contributed by atoms with van der Waals surface area (Å²) in [7, 11) is 0. The fourth-order valence-corrected chi connectivity index (χ4v) is 5.18. The van der Waals surface area contributed by atoms with Gasteiger partial charge >= 0.3 is 0 Å². The van der Waals surface area contributed by atoms with Crippen molar-refractivity contribution in [1.29, 1.82) is 5.26 Å². The van der Waals surface area contributed by atoms with Crippen LogP contribution in [0.25, 0.3) is 0 Å². The van der Waals surface area contributed by atoms with Crippen LogP contribution in [0.3, 0.4) is 0 Å². The minimum atomic E-state index is -0.369. The Labute approximate surface area is 166 Å². The van der Waals surface area contributed by atoms with Gasteiger partial charge in [-0.3, -0.25) is 19.3 Å². The molecule has 1 aliphatic heterocycles. The van der Waals surface area contributed by atoms with E-state index in [4.69, 9.17) is 0 Å². The second kappa shape index (κ2) is 7.21. The number of anilines is 1. The number of thiophene rings is 1. The number of hydrogen-bond acceptors (Lipinski definition) is 5. The molecule has 0 radical (unpaired) electrons. The van der Waals surface area contributed by atoms with Gasteiger partial charge in [0.2, 0.25) is 5.91 Å². The average molecular weight is 393 g/mol. The van der Waals surface area contributed by atoms with Crippen LogP contribution in [-0.2, 0) is 17.6 Å². The number of carbonyl (C=O) groups excluding carboxylic acids is 3. The van der Waals surface area contributed by atoms with E-state index in [0.29, 0.717) is 27.6 Å². The summed E-state index contributed by atoms with van der Waals surface area (Å²) in [5.41, 5.74) is 2.36. The molecule has 0 spiro atoms. The van der Waals surface area contributed by atoms with Gasteiger partial charge in [-0.05, 0) is 42.9 Å². The molecule has 6 nitrogen and oxygen atoms in total. The Kier molecular flexibility index (Phi) is 4.73. The van der Waals surface area contributed by atoms with Gasteiger partial charge in [-0.25, -0.2) is 0 Å². The zero-order valence-electron chi connectivity index (χ0n) is 15.4. The quantitative estimate of drug-likeness (QED) is 0.807. The predicted molar refractivity (Wildman–Crippen MR) is 105 cm³/mol. The lowest BCUT2D eigenvalue weighted by Gasteiger charge is -2.17. The average Bonchev–Trinajstić information content (AvgIpc) is 3.14. The van der Waals surface area contributed by atoms with Crippen molar-refractivity contribution in [3.63, 3.8) is 0 Å². The molecular formula is C21H19N3O3S. The number of rotatable bonds is 4. The summed E-state index contributed by atoms with van der Waals surface area (Å²) in [6.07, 6.45) is 2.83. The predicted octanol–water partition coefficient (Wildman–Crippen LogP) is 3.37. The molecule has 0 fully saturated rings. The summed E-state index contributed by atoms with van der Waals surface area (Å²) in [6, 6.07) is 8.88. The normalized spacial score (nSPS) is 17.9. The van der Waals surface area contributed by atoms with Crippen molar-refractivity contribution in [3.8, 4) is 6.07 Å². The van der Waals surface area contributed by atoms with E-state index in [-0.39, 0.29) is 30.7 Å². The molecule has 28 heavy (non-hydrogen) atoms. The molecule has 2 heterocycles. The first-order chi connectivity index (χ1) is 13.5. The highest BCUT2D eigenvalue weighted by molar-refractivity contribution is 7.16. The number of amides is 3. The molecule has 0 bridgehead atoms. The monoisotopic (exact) mass is 393 g/mol. The number of carbonyl (C=O) groups is 3. The van der Waals surface area contributed by atoms with Crippen molar-refractivity contribution in [1.82, 2.24) is 4.90 Å². The van der Waals surface area contributed by atoms with Crippen LogP contribution < -0.4 is 5.32 Å². The second-order valence-corrected chi connectivity index (χ2v) is 8.38. The zero-order chi connectivity index (χ0) is 19.8. The van der Waals surface area contributed by atoms with Crippen LogP contribution in [-0.4, -0.2) is 29.2 Å². The molecule has 1 aliphatic carbocycles. The molecule has 3 amide bonds. The van der Waals surface area contributed by atoms with E-state index < -0.39 is 0 Å². The Morgan fingerprint density at radius 3 is 2.61 bits per heavy atom. The third kappa shape index (κ3) is 3.10. The van der Waals surface area contributed by atoms with Crippen molar-refractivity contribution in [3.05, 3.63) is 51.4 Å². The van der Waals surface area contributed by atoms with Crippen LogP contribution in [0, 0.1) is 17.2 Å². The fraction of sp³-hybridized carbons (Fsp3) is 0.333. The van der Waals surface area contributed by atoms with Crippen molar-refractivity contribution >= 4 is 34.1 Å². The number of nitriles is 1. The van der Waals surface area contributed by atoms with Crippen LogP contribution in [0.15, 0.2) is 24.3 Å². The molecule has 142 valence electrons. The molecule has 1 N–H and O–H groups in total. The Hall–Kier alpha value is -2.98. The number of imide groups is 1. The standard InChI is InChI=1S/C21H19N3O3S/c1-12-6-7-13-16(11-22)19(28-17(13)10-12)23-18(25)8-9-24-20(26)14-4-2-3-5-15(14)21(24)27/h2-5,12H,6-10H2,1H3,(H,23,25)/t12-/m1/s1. The van der Waals surface area contributed by atoms with E-state index >= 15 is 0 Å². The molecular weight excluding hydrogens is 374 g/mol. The maximum Gasteiger partial charge on any atom is 0.261 e. The number of nitrogens with one attached hydrogen (secondary N) is 1. The largest absolute Gasteiger partial charge is 0.317 e. The topological polar surface area (TPSA) is 90.3 Å². The Bertz CT molecular complexity index is 999. The summed E-state index contributed by atoms with van der Waals surface area (Å²) < 4.78 is 0. The van der Waals surface area contributed by atoms with E-state index in [2.05, 4.69) is 18.3 Å². The van der Waals surface area contributed by atoms with E-state index in [1.54, 1.807) is 24.3 Å². The summed E-state index contributed by atoms with van der Waals surface area (Å²) >= 11 is 1.47. The van der Waals surface area contributed by atoms with Gasteiger partial charge < -0.3 is 5.32 Å². The lowest BCUT2D eigenvalue weighted by Crippen LogP contribution is -2.32. The number of benzene rings is 1. The summed E-state index contributed by atoms with van der Waals surface area (Å²) in [6.45, 7) is 2.21. The maximum atomic E-state index is 12.4. The van der Waals surface area contributed by atoms with Crippen LogP contribution in [0.2, 0.25) is 0 Å². The lowest BCUT2D eigenvalue weighted by molar-refractivity contribution is -0.116. The van der Waals surface area contributed by atoms with Crippen molar-refractivity contribution < 1.29 is 14.4 Å². The first-order valence-corrected chi connectivity index (χ1v) is 10.1. The molecule has 0 saturated heterocycles. The first-order valence-electron chi connectivity index (χ1n) is 9.29. The van der Waals surface area contributed by atoms with Gasteiger partial charge in [-0.1, -0.05) is 19.1 Å². The van der Waals surface area contributed by atoms with Crippen LogP contribution >= 0.6 is 11.3 Å². The van der Waals surface area contributed by atoms with Crippen molar-refractivity contribution in [2.45, 2.75) is 32.6 Å².